The molecule has 0 bridgehead atoms. The number of hydrogen-bond donors (Lipinski definition) is 2. The summed E-state index contributed by atoms with van der Waals surface area (Å²) in [6, 6.07) is 16.5. The van der Waals surface area contributed by atoms with Crippen molar-refractivity contribution in [3.63, 3.8) is 0 Å². The summed E-state index contributed by atoms with van der Waals surface area (Å²) in [4.78, 5) is 13.4. The minimum Gasteiger partial charge on any atom is -0.397 e. The van der Waals surface area contributed by atoms with Gasteiger partial charge in [0.15, 0.2) is 0 Å². The molecule has 0 spiro atoms. The average Bonchev–Trinajstić information content (AvgIpc) is 3.04. The van der Waals surface area contributed by atoms with E-state index < -0.39 is 0 Å². The van der Waals surface area contributed by atoms with E-state index in [2.05, 4.69) is 5.32 Å². The third-order valence-electron chi connectivity index (χ3n) is 3.26. The molecule has 0 unspecified atom stereocenters. The molecule has 1 heterocycles. The van der Waals surface area contributed by atoms with E-state index in [1.54, 1.807) is 41.7 Å². The highest BCUT2D eigenvalue weighted by molar-refractivity contribution is 7.13. The fraction of sp³-hybridized carbons (Fsp3) is 0. The zero-order valence-corrected chi connectivity index (χ0v) is 12.6. The van der Waals surface area contributed by atoms with Crippen molar-refractivity contribution in [1.82, 2.24) is 0 Å². The Bertz CT molecular complexity index is 815. The van der Waals surface area contributed by atoms with Gasteiger partial charge in [0.25, 0.3) is 5.91 Å². The number of thiophene rings is 1. The van der Waals surface area contributed by atoms with Crippen molar-refractivity contribution in [1.29, 1.82) is 0 Å². The minimum absolute atomic E-state index is 0.234. The lowest BCUT2D eigenvalue weighted by Gasteiger charge is -2.10. The molecule has 0 atom stereocenters. The Kier molecular flexibility index (Phi) is 3.98. The van der Waals surface area contributed by atoms with Crippen LogP contribution in [0, 0.1) is 0 Å². The molecule has 0 saturated carbocycles. The molecule has 3 nitrogen and oxygen atoms in total. The van der Waals surface area contributed by atoms with Gasteiger partial charge in [0.1, 0.15) is 7.85 Å². The number of carbonyl (C=O) groups excluding carboxylic acids is 1. The maximum absolute atomic E-state index is 12.3. The van der Waals surface area contributed by atoms with Crippen LogP contribution >= 0.6 is 11.3 Å². The lowest BCUT2D eigenvalue weighted by molar-refractivity contribution is 0.102. The number of nitrogens with two attached hydrogens (primary N) is 1. The van der Waals surface area contributed by atoms with Gasteiger partial charge in [-0.3, -0.25) is 4.79 Å². The van der Waals surface area contributed by atoms with Gasteiger partial charge >= 0.3 is 0 Å². The smallest absolute Gasteiger partial charge is 0.255 e. The molecule has 1 aromatic heterocycles. The SMILES string of the molecule is [B]c1cccc(C(=O)Nc2cc(-c3cccs3)ccc2N)c1. The molecule has 3 rings (SSSR count). The van der Waals surface area contributed by atoms with Crippen LogP contribution in [-0.2, 0) is 0 Å². The van der Waals surface area contributed by atoms with Gasteiger partial charge < -0.3 is 11.1 Å². The molecule has 22 heavy (non-hydrogen) atoms. The first-order chi connectivity index (χ1) is 10.6. The number of benzene rings is 2. The molecule has 0 fully saturated rings. The van der Waals surface area contributed by atoms with Crippen LogP contribution in [0.1, 0.15) is 10.4 Å². The molecular weight excluding hydrogens is 291 g/mol. The number of nitrogen functional groups attached to an aromatic ring is 1. The zero-order valence-electron chi connectivity index (χ0n) is 11.7. The lowest BCUT2D eigenvalue weighted by Crippen LogP contribution is -2.15. The highest BCUT2D eigenvalue weighted by Crippen LogP contribution is 2.30. The second kappa shape index (κ2) is 6.07. The standard InChI is InChI=1S/C17H13BN2OS/c18-13-4-1-3-12(9-13)17(21)20-15-10-11(6-7-14(15)19)16-5-2-8-22-16/h1-10H,19H2,(H,20,21). The number of anilines is 2. The highest BCUT2D eigenvalue weighted by atomic mass is 32.1. The van der Waals surface area contributed by atoms with Gasteiger partial charge in [-0.2, -0.15) is 0 Å². The van der Waals surface area contributed by atoms with Crippen LogP contribution in [0.3, 0.4) is 0 Å². The van der Waals surface area contributed by atoms with Crippen molar-refractivity contribution in [3.05, 3.63) is 65.5 Å². The second-order valence-corrected chi connectivity index (χ2v) is 5.81. The first-order valence-electron chi connectivity index (χ1n) is 6.74. The largest absolute Gasteiger partial charge is 0.397 e. The Morgan fingerprint density at radius 1 is 1.09 bits per heavy atom. The van der Waals surface area contributed by atoms with Gasteiger partial charge in [0.05, 0.1) is 11.4 Å². The van der Waals surface area contributed by atoms with Crippen LogP contribution in [0.15, 0.2) is 60.0 Å². The molecule has 1 amide bonds. The Labute approximate surface area is 134 Å². The summed E-state index contributed by atoms with van der Waals surface area (Å²) >= 11 is 1.64. The minimum atomic E-state index is -0.234. The maximum Gasteiger partial charge on any atom is 0.255 e. The van der Waals surface area contributed by atoms with Gasteiger partial charge in [-0.15, -0.1) is 11.3 Å². The molecule has 3 N–H and O–H groups in total. The average molecular weight is 304 g/mol. The predicted molar refractivity (Wildman–Crippen MR) is 94.0 cm³/mol. The summed E-state index contributed by atoms with van der Waals surface area (Å²) in [5, 5.41) is 4.85. The summed E-state index contributed by atoms with van der Waals surface area (Å²) < 4.78 is 0. The van der Waals surface area contributed by atoms with Crippen molar-refractivity contribution >= 4 is 41.9 Å². The topological polar surface area (TPSA) is 55.1 Å². The van der Waals surface area contributed by atoms with Gasteiger partial charge in [-0.25, -0.2) is 0 Å². The normalized spacial score (nSPS) is 10.4. The summed E-state index contributed by atoms with van der Waals surface area (Å²) in [6.45, 7) is 0. The van der Waals surface area contributed by atoms with Crippen LogP contribution in [0.2, 0.25) is 0 Å². The fourth-order valence-corrected chi connectivity index (χ4v) is 2.86. The molecule has 0 aliphatic heterocycles. The number of rotatable bonds is 3. The van der Waals surface area contributed by atoms with E-state index in [4.69, 9.17) is 13.6 Å². The van der Waals surface area contributed by atoms with E-state index in [0.717, 1.165) is 10.4 Å². The second-order valence-electron chi connectivity index (χ2n) is 4.86. The third-order valence-corrected chi connectivity index (χ3v) is 4.17. The highest BCUT2D eigenvalue weighted by Gasteiger charge is 2.10. The van der Waals surface area contributed by atoms with Gasteiger partial charge in [-0.05, 0) is 35.2 Å². The van der Waals surface area contributed by atoms with E-state index >= 15 is 0 Å². The monoisotopic (exact) mass is 304 g/mol. The molecule has 0 aliphatic rings. The van der Waals surface area contributed by atoms with E-state index in [1.165, 1.54) is 0 Å². The van der Waals surface area contributed by atoms with Crippen LogP contribution in [0.5, 0.6) is 0 Å². The Morgan fingerprint density at radius 2 is 1.95 bits per heavy atom. The number of carbonyl (C=O) groups is 1. The number of nitrogens with one attached hydrogen (secondary N) is 1. The van der Waals surface area contributed by atoms with Crippen molar-refractivity contribution in [3.8, 4) is 10.4 Å². The van der Waals surface area contributed by atoms with Gasteiger partial charge in [-0.1, -0.05) is 35.8 Å². The molecule has 3 aromatic rings. The Morgan fingerprint density at radius 3 is 2.68 bits per heavy atom. The van der Waals surface area contributed by atoms with Gasteiger partial charge in [0, 0.05) is 10.4 Å². The van der Waals surface area contributed by atoms with E-state index in [9.17, 15) is 4.79 Å². The van der Waals surface area contributed by atoms with Gasteiger partial charge in [0.2, 0.25) is 0 Å². The third kappa shape index (κ3) is 3.04. The van der Waals surface area contributed by atoms with Crippen molar-refractivity contribution in [2.45, 2.75) is 0 Å². The summed E-state index contributed by atoms with van der Waals surface area (Å²) in [6.07, 6.45) is 0. The summed E-state index contributed by atoms with van der Waals surface area (Å²) in [7, 11) is 5.70. The fourth-order valence-electron chi connectivity index (χ4n) is 2.14. The first kappa shape index (κ1) is 14.4. The predicted octanol–water partition coefficient (Wildman–Crippen LogP) is 3.04. The van der Waals surface area contributed by atoms with Crippen molar-refractivity contribution in [2.75, 3.05) is 11.1 Å². The van der Waals surface area contributed by atoms with E-state index in [1.807, 2.05) is 29.6 Å². The number of hydrogen-bond acceptors (Lipinski definition) is 3. The first-order valence-corrected chi connectivity index (χ1v) is 7.62. The van der Waals surface area contributed by atoms with Crippen LogP contribution < -0.4 is 16.5 Å². The molecule has 5 heteroatoms. The molecule has 0 saturated heterocycles. The van der Waals surface area contributed by atoms with Crippen LogP contribution in [-0.4, -0.2) is 13.8 Å². The number of amides is 1. The van der Waals surface area contributed by atoms with E-state index in [-0.39, 0.29) is 5.91 Å². The molecule has 2 aromatic carbocycles. The summed E-state index contributed by atoms with van der Waals surface area (Å²) in [5.74, 6) is -0.234. The Balaban J connectivity index is 1.88. The van der Waals surface area contributed by atoms with E-state index in [0.29, 0.717) is 22.4 Å². The molecular formula is C17H13BN2OS. The van der Waals surface area contributed by atoms with Crippen molar-refractivity contribution < 1.29 is 4.79 Å². The molecule has 106 valence electrons. The molecule has 0 aliphatic carbocycles. The van der Waals surface area contributed by atoms with Crippen molar-refractivity contribution in [2.24, 2.45) is 0 Å². The Hall–Kier alpha value is -2.53. The lowest BCUT2D eigenvalue weighted by atomic mass is 9.94. The summed E-state index contributed by atoms with van der Waals surface area (Å²) in [5.41, 5.74) is 9.15. The zero-order chi connectivity index (χ0) is 15.5. The van der Waals surface area contributed by atoms with Crippen LogP contribution in [0.25, 0.3) is 10.4 Å². The molecule has 2 radical (unpaired) electrons. The van der Waals surface area contributed by atoms with Crippen LogP contribution in [0.4, 0.5) is 11.4 Å². The maximum atomic E-state index is 12.3. The quantitative estimate of drug-likeness (QED) is 0.577.